The van der Waals surface area contributed by atoms with Gasteiger partial charge in [-0.25, -0.2) is 38.7 Å². The Morgan fingerprint density at radius 3 is 1.34 bits per heavy atom. The zero-order chi connectivity index (χ0) is 85.0. The summed E-state index contributed by atoms with van der Waals surface area (Å²) >= 11 is 0. The van der Waals surface area contributed by atoms with Crippen molar-refractivity contribution >= 4 is 59.1 Å². The fourth-order valence-electron chi connectivity index (χ4n) is 15.1. The number of carbonyl (C=O) groups is 6. The smallest absolute Gasteiger partial charge is 0.271 e. The van der Waals surface area contributed by atoms with E-state index in [0.29, 0.717) is 117 Å². The van der Waals surface area contributed by atoms with Gasteiger partial charge in [0.05, 0.1) is 75.4 Å². The third kappa shape index (κ3) is 19.9. The number of rotatable bonds is 26. The van der Waals surface area contributed by atoms with Crippen LogP contribution in [0.25, 0.3) is 33.8 Å². The van der Waals surface area contributed by atoms with Gasteiger partial charge in [-0.2, -0.15) is 5.10 Å². The van der Waals surface area contributed by atoms with Crippen LogP contribution in [0, 0.1) is 32.4 Å². The van der Waals surface area contributed by atoms with Gasteiger partial charge < -0.3 is 94.6 Å². The van der Waals surface area contributed by atoms with Gasteiger partial charge in [-0.1, -0.05) is 29.8 Å². The van der Waals surface area contributed by atoms with Crippen LogP contribution in [0.4, 0.5) is 32.4 Å². The summed E-state index contributed by atoms with van der Waals surface area (Å²) in [5, 5.41) is 52.1. The molecule has 6 atom stereocenters. The van der Waals surface area contributed by atoms with Crippen LogP contribution in [0.2, 0.25) is 0 Å². The first-order chi connectivity index (χ1) is 57.9. The quantitative estimate of drug-likeness (QED) is 0.0249. The van der Waals surface area contributed by atoms with Crippen molar-refractivity contribution in [1.29, 1.82) is 0 Å². The molecule has 6 amide bonds. The van der Waals surface area contributed by atoms with E-state index in [1.165, 1.54) is 48.3 Å². The maximum Gasteiger partial charge on any atom is 0.271 e. The number of fused-ring (bicyclic) bond motifs is 3. The van der Waals surface area contributed by atoms with Gasteiger partial charge in [0, 0.05) is 157 Å². The van der Waals surface area contributed by atoms with E-state index in [2.05, 4.69) is 56.9 Å². The third-order valence-electron chi connectivity index (χ3n) is 22.0. The number of amides is 6. The Hall–Kier alpha value is -12.6. The molecule has 7 aromatic heterocycles. The lowest BCUT2D eigenvalue weighted by atomic mass is 10.0. The second kappa shape index (κ2) is 38.4. The summed E-state index contributed by atoms with van der Waals surface area (Å²) in [6.07, 6.45) is 16.1. The van der Waals surface area contributed by atoms with Crippen LogP contribution in [-0.2, 0) is 50.5 Å². The Labute approximate surface area is 691 Å². The van der Waals surface area contributed by atoms with Crippen molar-refractivity contribution in [3.63, 3.8) is 0 Å². The summed E-state index contributed by atoms with van der Waals surface area (Å²) in [4.78, 5) is 112. The van der Waals surface area contributed by atoms with Crippen molar-refractivity contribution < 1.29 is 71.8 Å². The maximum absolute atomic E-state index is 14.0. The molecule has 35 heteroatoms. The number of nitrogens with one attached hydrogen (secondary N) is 6. The molecule has 120 heavy (non-hydrogen) atoms. The van der Waals surface area contributed by atoms with Gasteiger partial charge in [-0.05, 0) is 144 Å². The number of anilines is 4. The molecule has 0 radical (unpaired) electrons. The summed E-state index contributed by atoms with van der Waals surface area (Å²) in [5.74, 6) is -0.358. The SMILES string of the molecule is COc1cc(F)cc([C@@H](CO)NC(=O)[C@@H](C)N2CCn3cc(-c4nc(NC5CCOCC5)ncc4C)cc3C2=O)c1.COc1cc(F)cc([C@@H](CO)NC(=O)[C@H](C)N2CCn3cc(-c4nc(NC5CCOCC5)ncc4C)cc3C2=O)c1.Cc1cccc([C@@H](CO)NC(=O)[C@H](C)N2CCn3cc(-c4ccnc(Nc5ccnn5C)n4)cc3C2=O)c1. The van der Waals surface area contributed by atoms with Crippen LogP contribution in [0.15, 0.2) is 134 Å². The predicted octanol–water partition coefficient (Wildman–Crippen LogP) is 7.80. The molecule has 9 N–H and O–H groups in total. The van der Waals surface area contributed by atoms with Crippen molar-refractivity contribution in [3.8, 4) is 45.3 Å². The number of halogens is 2. The zero-order valence-corrected chi connectivity index (χ0v) is 68.3. The molecule has 0 bridgehead atoms. The van der Waals surface area contributed by atoms with Crippen LogP contribution in [0.1, 0.15) is 129 Å². The number of aliphatic hydroxyl groups is 3. The third-order valence-corrected chi connectivity index (χ3v) is 22.0. The first kappa shape index (κ1) is 85.3. The highest BCUT2D eigenvalue weighted by Gasteiger charge is 2.38. The summed E-state index contributed by atoms with van der Waals surface area (Å²) in [5.41, 5.74) is 10.2. The Bertz CT molecular complexity index is 5140. The molecule has 0 spiro atoms. The van der Waals surface area contributed by atoms with E-state index < -0.39 is 72.9 Å². The lowest BCUT2D eigenvalue weighted by Gasteiger charge is -2.33. The summed E-state index contributed by atoms with van der Waals surface area (Å²) in [6.45, 7) is 15.1. The topological polar surface area (TPSA) is 392 Å². The molecule has 0 aliphatic carbocycles. The lowest BCUT2D eigenvalue weighted by molar-refractivity contribution is -0.127. The molecule has 632 valence electrons. The number of aromatic nitrogens is 11. The van der Waals surface area contributed by atoms with Crippen LogP contribution in [-0.4, -0.2) is 229 Å². The van der Waals surface area contributed by atoms with Gasteiger partial charge in [-0.15, -0.1) is 0 Å². The number of nitrogens with zero attached hydrogens (tertiary/aromatic N) is 14. The van der Waals surface area contributed by atoms with E-state index >= 15 is 0 Å². The molecule has 0 unspecified atom stereocenters. The van der Waals surface area contributed by atoms with E-state index in [-0.39, 0.29) is 53.8 Å². The van der Waals surface area contributed by atoms with Gasteiger partial charge >= 0.3 is 0 Å². The minimum absolute atomic E-state index is 0.233. The average molecular weight is 1650 g/mol. The fourth-order valence-corrected chi connectivity index (χ4v) is 15.1. The van der Waals surface area contributed by atoms with Crippen molar-refractivity contribution in [2.75, 3.05) is 96.1 Å². The van der Waals surface area contributed by atoms with E-state index in [4.69, 9.17) is 28.9 Å². The molecule has 2 fully saturated rings. The zero-order valence-electron chi connectivity index (χ0n) is 68.3. The molecular weight excluding hydrogens is 1550 g/mol. The highest BCUT2D eigenvalue weighted by Crippen LogP contribution is 2.34. The minimum atomic E-state index is -0.866. The van der Waals surface area contributed by atoms with Crippen molar-refractivity contribution in [2.45, 2.75) is 135 Å². The van der Waals surface area contributed by atoms with Crippen LogP contribution in [0.5, 0.6) is 11.5 Å². The van der Waals surface area contributed by atoms with Gasteiger partial charge in [0.2, 0.25) is 35.6 Å². The number of benzene rings is 3. The normalized spacial score (nSPS) is 16.3. The summed E-state index contributed by atoms with van der Waals surface area (Å²) < 4.78 is 56.4. The van der Waals surface area contributed by atoms with Crippen LogP contribution < -0.4 is 41.4 Å². The molecule has 10 aromatic rings. The van der Waals surface area contributed by atoms with E-state index in [1.54, 1.807) is 91.5 Å². The standard InChI is InChI=1S/2C29H35FN6O5.C27H30N8O3/c2*1-17-14-31-29(32-22-4-8-41-9-5-22)34-26(17)20-12-25-28(39)36(7-6-35(25)15-20)18(2)27(38)33-24(16-37)19-10-21(30)13-23(11-19)40-3;1-17-5-4-6-19(13-17)22(16-36)30-25(37)18(2)35-12-11-34-15-20(14-23(34)26(35)38)21-7-9-28-27(31-21)32-24-8-10-29-33(24)3/h2*10-15,18,22,24,37H,4-9,16H2,1-3H3,(H,33,38)(H,31,32,34);4-10,13-15,18,22,36H,11-12,16H2,1-3H3,(H,30,37)(H,28,31,32)/t18-,24+;18-,24-;18-,22+/m010/s1. The van der Waals surface area contributed by atoms with E-state index in [0.717, 1.165) is 81.8 Å². The minimum Gasteiger partial charge on any atom is -0.497 e. The maximum atomic E-state index is 14.0. The molecule has 5 aliphatic heterocycles. The number of aliphatic hydroxyl groups excluding tert-OH is 3. The first-order valence-corrected chi connectivity index (χ1v) is 39.9. The van der Waals surface area contributed by atoms with Crippen molar-refractivity contribution in [3.05, 3.63) is 196 Å². The second-order valence-electron chi connectivity index (χ2n) is 30.2. The van der Waals surface area contributed by atoms with Crippen LogP contribution in [0.3, 0.4) is 0 Å². The van der Waals surface area contributed by atoms with Gasteiger partial charge in [-0.3, -0.25) is 33.4 Å². The molecule has 12 heterocycles. The van der Waals surface area contributed by atoms with Gasteiger partial charge in [0.15, 0.2) is 0 Å². The molecule has 3 aromatic carbocycles. The molecule has 5 aliphatic rings. The van der Waals surface area contributed by atoms with Crippen molar-refractivity contribution in [2.24, 2.45) is 7.05 Å². The number of carbonyl (C=O) groups excluding carboxylic acids is 6. The highest BCUT2D eigenvalue weighted by atomic mass is 19.1. The number of hydrogen-bond donors (Lipinski definition) is 9. The number of hydrogen-bond acceptors (Lipinski definition) is 23. The van der Waals surface area contributed by atoms with Gasteiger partial charge in [0.1, 0.15) is 64.2 Å². The monoisotopic (exact) mass is 1650 g/mol. The molecular formula is C85H100F2N20O13. The number of methoxy groups -OCH3 is 2. The second-order valence-corrected chi connectivity index (χ2v) is 30.2. The van der Waals surface area contributed by atoms with E-state index in [1.807, 2.05) is 90.4 Å². The summed E-state index contributed by atoms with van der Waals surface area (Å²) in [7, 11) is 4.64. The predicted molar refractivity (Wildman–Crippen MR) is 440 cm³/mol. The molecule has 33 nitrogen and oxygen atoms in total. The number of aryl methyl sites for hydroxylation is 4. The highest BCUT2D eigenvalue weighted by molar-refractivity contribution is 6.00. The number of ether oxygens (including phenoxy) is 4. The fraction of sp³-hybridized carbons (Fsp3) is 0.400. The Morgan fingerprint density at radius 1 is 0.508 bits per heavy atom. The Kier molecular flexibility index (Phi) is 27.3. The lowest BCUT2D eigenvalue weighted by Crippen LogP contribution is -2.52. The summed E-state index contributed by atoms with van der Waals surface area (Å²) in [6, 6.07) is 20.5. The Morgan fingerprint density at radius 2 is 0.933 bits per heavy atom. The van der Waals surface area contributed by atoms with Crippen LogP contribution >= 0.6 is 0 Å². The molecule has 15 rings (SSSR count). The first-order valence-electron chi connectivity index (χ1n) is 39.9. The van der Waals surface area contributed by atoms with Crippen molar-refractivity contribution in [1.82, 2.24) is 84.0 Å². The molecule has 2 saturated heterocycles. The van der Waals surface area contributed by atoms with E-state index in [9.17, 15) is 52.9 Å². The Balaban J connectivity index is 0.000000156. The van der Waals surface area contributed by atoms with Gasteiger partial charge in [0.25, 0.3) is 17.7 Å². The average Bonchev–Trinajstić information content (AvgIpc) is 1.64. The largest absolute Gasteiger partial charge is 0.497 e. The molecule has 0 saturated carbocycles.